The number of rotatable bonds is 4. The number of ketones is 1. The van der Waals surface area contributed by atoms with E-state index in [1.165, 1.54) is 0 Å². The van der Waals surface area contributed by atoms with Crippen LogP contribution in [0.4, 0.5) is 0 Å². The highest BCUT2D eigenvalue weighted by molar-refractivity contribution is 9.10. The highest BCUT2D eigenvalue weighted by atomic mass is 79.9. The Morgan fingerprint density at radius 3 is 2.83 bits per heavy atom. The lowest BCUT2D eigenvalue weighted by molar-refractivity contribution is 0.0980. The molecule has 0 fully saturated rings. The third-order valence-corrected chi connectivity index (χ3v) is 3.27. The van der Waals surface area contributed by atoms with Crippen LogP contribution in [-0.4, -0.2) is 22.4 Å². The standard InChI is InChI=1S/C13H13BrN2O2/c1-16-6-5-15-13(16)11(17)8-9-3-4-12(18-2)10(14)7-9/h3-7H,8H2,1-2H3. The first-order chi connectivity index (χ1) is 8.61. The van der Waals surface area contributed by atoms with Crippen molar-refractivity contribution in [2.75, 3.05) is 7.11 Å². The molecule has 0 bridgehead atoms. The number of carbonyl (C=O) groups excluding carboxylic acids is 1. The zero-order valence-corrected chi connectivity index (χ0v) is 11.8. The Kier molecular flexibility index (Phi) is 3.81. The summed E-state index contributed by atoms with van der Waals surface area (Å²) in [5.74, 6) is 1.23. The quantitative estimate of drug-likeness (QED) is 0.816. The van der Waals surface area contributed by atoms with E-state index in [9.17, 15) is 4.79 Å². The van der Waals surface area contributed by atoms with E-state index in [0.29, 0.717) is 12.2 Å². The van der Waals surface area contributed by atoms with Crippen molar-refractivity contribution in [3.05, 3.63) is 46.5 Å². The second-order valence-corrected chi connectivity index (χ2v) is 4.78. The van der Waals surface area contributed by atoms with Gasteiger partial charge in [0.05, 0.1) is 11.6 Å². The molecular weight excluding hydrogens is 296 g/mol. The van der Waals surface area contributed by atoms with Crippen LogP contribution < -0.4 is 4.74 Å². The smallest absolute Gasteiger partial charge is 0.202 e. The van der Waals surface area contributed by atoms with Crippen molar-refractivity contribution in [3.63, 3.8) is 0 Å². The van der Waals surface area contributed by atoms with Gasteiger partial charge < -0.3 is 9.30 Å². The van der Waals surface area contributed by atoms with E-state index in [4.69, 9.17) is 4.74 Å². The third kappa shape index (κ3) is 2.61. The monoisotopic (exact) mass is 308 g/mol. The van der Waals surface area contributed by atoms with Gasteiger partial charge in [-0.05, 0) is 33.6 Å². The summed E-state index contributed by atoms with van der Waals surface area (Å²) in [5, 5.41) is 0. The molecule has 5 heteroatoms. The van der Waals surface area contributed by atoms with Crippen LogP contribution in [0.3, 0.4) is 0 Å². The first-order valence-electron chi connectivity index (χ1n) is 5.44. The molecule has 1 heterocycles. The molecule has 0 unspecified atom stereocenters. The lowest BCUT2D eigenvalue weighted by Crippen LogP contribution is -2.10. The number of carbonyl (C=O) groups is 1. The number of imidazole rings is 1. The average Bonchev–Trinajstić information content (AvgIpc) is 2.76. The molecule has 2 rings (SSSR count). The summed E-state index contributed by atoms with van der Waals surface area (Å²) < 4.78 is 7.71. The van der Waals surface area contributed by atoms with Crippen molar-refractivity contribution >= 4 is 21.7 Å². The van der Waals surface area contributed by atoms with E-state index in [1.807, 2.05) is 25.2 Å². The van der Waals surface area contributed by atoms with E-state index < -0.39 is 0 Å². The Morgan fingerprint density at radius 1 is 1.50 bits per heavy atom. The lowest BCUT2D eigenvalue weighted by Gasteiger charge is -2.06. The van der Waals surface area contributed by atoms with Crippen LogP contribution >= 0.6 is 15.9 Å². The van der Waals surface area contributed by atoms with Gasteiger partial charge in [-0.1, -0.05) is 6.07 Å². The van der Waals surface area contributed by atoms with Crippen LogP contribution in [0, 0.1) is 0 Å². The number of halogens is 1. The molecule has 0 spiro atoms. The fraction of sp³-hybridized carbons (Fsp3) is 0.231. The van der Waals surface area contributed by atoms with Crippen molar-refractivity contribution < 1.29 is 9.53 Å². The van der Waals surface area contributed by atoms with Gasteiger partial charge in [0.1, 0.15) is 5.75 Å². The average molecular weight is 309 g/mol. The molecule has 0 N–H and O–H groups in total. The minimum absolute atomic E-state index is 0.000401. The summed E-state index contributed by atoms with van der Waals surface area (Å²) in [7, 11) is 3.42. The van der Waals surface area contributed by atoms with Gasteiger partial charge in [0, 0.05) is 25.9 Å². The number of hydrogen-bond acceptors (Lipinski definition) is 3. The van der Waals surface area contributed by atoms with Crippen molar-refractivity contribution in [1.82, 2.24) is 9.55 Å². The predicted molar refractivity (Wildman–Crippen MR) is 71.9 cm³/mol. The SMILES string of the molecule is COc1ccc(CC(=O)c2nccn2C)cc1Br. The van der Waals surface area contributed by atoms with E-state index in [-0.39, 0.29) is 5.78 Å². The molecular formula is C13H13BrN2O2. The molecule has 94 valence electrons. The van der Waals surface area contributed by atoms with E-state index in [1.54, 1.807) is 24.1 Å². The number of benzene rings is 1. The number of aromatic nitrogens is 2. The van der Waals surface area contributed by atoms with Gasteiger partial charge in [0.2, 0.25) is 5.78 Å². The van der Waals surface area contributed by atoms with Gasteiger partial charge in [0.25, 0.3) is 0 Å². The Bertz CT molecular complexity index is 578. The molecule has 0 aliphatic rings. The molecule has 2 aromatic rings. The van der Waals surface area contributed by atoms with Gasteiger partial charge >= 0.3 is 0 Å². The van der Waals surface area contributed by atoms with Crippen LogP contribution in [0.2, 0.25) is 0 Å². The fourth-order valence-electron chi connectivity index (χ4n) is 1.72. The maximum Gasteiger partial charge on any atom is 0.202 e. The topological polar surface area (TPSA) is 44.1 Å². The fourth-order valence-corrected chi connectivity index (χ4v) is 2.31. The molecule has 0 atom stereocenters. The molecule has 0 amide bonds. The highest BCUT2D eigenvalue weighted by Gasteiger charge is 2.12. The summed E-state index contributed by atoms with van der Waals surface area (Å²) in [6, 6.07) is 5.61. The lowest BCUT2D eigenvalue weighted by atomic mass is 10.1. The summed E-state index contributed by atoms with van der Waals surface area (Å²) in [4.78, 5) is 16.1. The minimum Gasteiger partial charge on any atom is -0.496 e. The molecule has 18 heavy (non-hydrogen) atoms. The molecule has 1 aromatic heterocycles. The van der Waals surface area contributed by atoms with E-state index >= 15 is 0 Å². The largest absolute Gasteiger partial charge is 0.496 e. The second kappa shape index (κ2) is 5.35. The predicted octanol–water partition coefficient (Wildman–Crippen LogP) is 2.62. The van der Waals surface area contributed by atoms with Crippen molar-refractivity contribution in [2.24, 2.45) is 7.05 Å². The number of methoxy groups -OCH3 is 1. The normalized spacial score (nSPS) is 10.4. The molecule has 4 nitrogen and oxygen atoms in total. The summed E-state index contributed by atoms with van der Waals surface area (Å²) in [5.41, 5.74) is 0.927. The van der Waals surface area contributed by atoms with Crippen molar-refractivity contribution in [3.8, 4) is 5.75 Å². The molecule has 1 aromatic carbocycles. The number of hydrogen-bond donors (Lipinski definition) is 0. The van der Waals surface area contributed by atoms with Crippen LogP contribution in [0.5, 0.6) is 5.75 Å². The summed E-state index contributed by atoms with van der Waals surface area (Å²) in [6.07, 6.45) is 3.71. The van der Waals surface area contributed by atoms with E-state index in [2.05, 4.69) is 20.9 Å². The van der Waals surface area contributed by atoms with Gasteiger partial charge in [-0.3, -0.25) is 4.79 Å². The van der Waals surface area contributed by atoms with Gasteiger partial charge in [0.15, 0.2) is 5.82 Å². The Labute approximate surface area is 114 Å². The van der Waals surface area contributed by atoms with Crippen LogP contribution in [-0.2, 0) is 13.5 Å². The molecule has 0 aliphatic heterocycles. The zero-order chi connectivity index (χ0) is 13.1. The Balaban J connectivity index is 2.17. The summed E-state index contributed by atoms with van der Waals surface area (Å²) >= 11 is 3.40. The van der Waals surface area contributed by atoms with E-state index in [0.717, 1.165) is 15.8 Å². The van der Waals surface area contributed by atoms with Crippen molar-refractivity contribution in [2.45, 2.75) is 6.42 Å². The number of nitrogens with zero attached hydrogens (tertiary/aromatic N) is 2. The van der Waals surface area contributed by atoms with Gasteiger partial charge in [-0.15, -0.1) is 0 Å². The zero-order valence-electron chi connectivity index (χ0n) is 10.2. The third-order valence-electron chi connectivity index (χ3n) is 2.65. The van der Waals surface area contributed by atoms with Crippen LogP contribution in [0.15, 0.2) is 35.1 Å². The Morgan fingerprint density at radius 2 is 2.28 bits per heavy atom. The Hall–Kier alpha value is -1.62. The summed E-state index contributed by atoms with van der Waals surface area (Å²) in [6.45, 7) is 0. The number of Topliss-reactive ketones (excluding diaryl/α,β-unsaturated/α-hetero) is 1. The first kappa shape index (κ1) is 12.8. The highest BCUT2D eigenvalue weighted by Crippen LogP contribution is 2.25. The van der Waals surface area contributed by atoms with Gasteiger partial charge in [-0.25, -0.2) is 4.98 Å². The maximum absolute atomic E-state index is 12.0. The molecule has 0 aliphatic carbocycles. The van der Waals surface area contributed by atoms with Crippen LogP contribution in [0.25, 0.3) is 0 Å². The minimum atomic E-state index is -0.000401. The van der Waals surface area contributed by atoms with Crippen molar-refractivity contribution in [1.29, 1.82) is 0 Å². The second-order valence-electron chi connectivity index (χ2n) is 3.93. The van der Waals surface area contributed by atoms with Gasteiger partial charge in [-0.2, -0.15) is 0 Å². The number of ether oxygens (including phenoxy) is 1. The molecule has 0 radical (unpaired) electrons. The number of aryl methyl sites for hydroxylation is 1. The first-order valence-corrected chi connectivity index (χ1v) is 6.24. The maximum atomic E-state index is 12.0. The molecule has 0 saturated carbocycles. The molecule has 0 saturated heterocycles. The van der Waals surface area contributed by atoms with Crippen LogP contribution in [0.1, 0.15) is 16.2 Å².